The summed E-state index contributed by atoms with van der Waals surface area (Å²) in [6.07, 6.45) is 0. The van der Waals surface area contributed by atoms with Crippen LogP contribution >= 0.6 is 31.9 Å². The van der Waals surface area contributed by atoms with Crippen LogP contribution in [0.4, 0.5) is 5.69 Å². The van der Waals surface area contributed by atoms with Gasteiger partial charge in [-0.2, -0.15) is 0 Å². The summed E-state index contributed by atoms with van der Waals surface area (Å²) in [5.74, 6) is -0.190. The fourth-order valence-electron chi connectivity index (χ4n) is 1.21. The Balaban J connectivity index is 2.89. The molecule has 0 aliphatic heterocycles. The van der Waals surface area contributed by atoms with E-state index in [0.717, 1.165) is 8.95 Å². The van der Waals surface area contributed by atoms with E-state index in [0.29, 0.717) is 5.69 Å². The molecule has 17 heavy (non-hydrogen) atoms. The monoisotopic (exact) mass is 362 g/mol. The van der Waals surface area contributed by atoms with Crippen molar-refractivity contribution in [2.75, 3.05) is 5.32 Å². The van der Waals surface area contributed by atoms with E-state index in [1.165, 1.54) is 0 Å². The van der Waals surface area contributed by atoms with Crippen molar-refractivity contribution in [3.05, 3.63) is 27.1 Å². The summed E-state index contributed by atoms with van der Waals surface area (Å²) >= 11 is 6.78. The van der Waals surface area contributed by atoms with Crippen molar-refractivity contribution >= 4 is 43.5 Å². The predicted molar refractivity (Wildman–Crippen MR) is 77.9 cm³/mol. The molecule has 1 aromatic rings. The number of rotatable bonds is 2. The summed E-state index contributed by atoms with van der Waals surface area (Å²) in [6, 6.07) is 5.06. The molecule has 0 aliphatic carbocycles. The lowest BCUT2D eigenvalue weighted by atomic mass is 9.87. The Morgan fingerprint density at radius 1 is 1.29 bits per heavy atom. The van der Waals surface area contributed by atoms with Gasteiger partial charge in [0, 0.05) is 8.95 Å². The van der Waals surface area contributed by atoms with E-state index in [-0.39, 0.29) is 11.3 Å². The van der Waals surface area contributed by atoms with Crippen LogP contribution in [0.1, 0.15) is 20.8 Å². The Hall–Kier alpha value is -0.390. The molecule has 0 aliphatic rings. The second-order valence-corrected chi connectivity index (χ2v) is 6.64. The summed E-state index contributed by atoms with van der Waals surface area (Å²) in [6.45, 7) is 5.81. The average molecular weight is 364 g/mol. The minimum Gasteiger partial charge on any atom is -0.323 e. The lowest BCUT2D eigenvalue weighted by Gasteiger charge is -2.26. The molecule has 0 saturated heterocycles. The van der Waals surface area contributed by atoms with Crippen LogP contribution in [0.2, 0.25) is 0 Å². The van der Waals surface area contributed by atoms with Gasteiger partial charge in [0.2, 0.25) is 5.91 Å². The van der Waals surface area contributed by atoms with Gasteiger partial charge in [-0.3, -0.25) is 4.79 Å². The number of hydrogen-bond acceptors (Lipinski definition) is 2. The smallest absolute Gasteiger partial charge is 0.241 e. The minimum atomic E-state index is -0.554. The maximum Gasteiger partial charge on any atom is 0.241 e. The van der Waals surface area contributed by atoms with Crippen LogP contribution in [0.5, 0.6) is 0 Å². The largest absolute Gasteiger partial charge is 0.323 e. The Labute approximate surface area is 118 Å². The minimum absolute atomic E-state index is 0.190. The summed E-state index contributed by atoms with van der Waals surface area (Å²) < 4.78 is 1.64. The topological polar surface area (TPSA) is 55.1 Å². The molecule has 5 heteroatoms. The number of nitrogens with one attached hydrogen (secondary N) is 1. The molecule has 0 aromatic heterocycles. The highest BCUT2D eigenvalue weighted by Gasteiger charge is 2.28. The van der Waals surface area contributed by atoms with Crippen LogP contribution in [0.15, 0.2) is 27.1 Å². The first-order valence-electron chi connectivity index (χ1n) is 5.24. The molecule has 0 bridgehead atoms. The van der Waals surface area contributed by atoms with Gasteiger partial charge in [0.05, 0.1) is 11.7 Å². The van der Waals surface area contributed by atoms with Gasteiger partial charge >= 0.3 is 0 Å². The van der Waals surface area contributed by atoms with E-state index in [9.17, 15) is 4.79 Å². The summed E-state index contributed by atoms with van der Waals surface area (Å²) in [5, 5.41) is 2.83. The zero-order valence-electron chi connectivity index (χ0n) is 10.1. The third-order valence-electron chi connectivity index (χ3n) is 2.43. The van der Waals surface area contributed by atoms with Crippen molar-refractivity contribution in [2.24, 2.45) is 11.1 Å². The first-order chi connectivity index (χ1) is 7.73. The van der Waals surface area contributed by atoms with Gasteiger partial charge in [-0.1, -0.05) is 26.8 Å². The number of carbonyl (C=O) groups is 1. The normalized spacial score (nSPS) is 13.3. The number of carbonyl (C=O) groups excluding carboxylic acids is 1. The van der Waals surface area contributed by atoms with Gasteiger partial charge in [-0.05, 0) is 49.4 Å². The highest BCUT2D eigenvalue weighted by Crippen LogP contribution is 2.31. The Morgan fingerprint density at radius 3 is 2.18 bits per heavy atom. The van der Waals surface area contributed by atoms with E-state index in [1.807, 2.05) is 39.0 Å². The maximum absolute atomic E-state index is 12.0. The highest BCUT2D eigenvalue weighted by atomic mass is 79.9. The third kappa shape index (κ3) is 3.79. The van der Waals surface area contributed by atoms with Gasteiger partial charge < -0.3 is 11.1 Å². The van der Waals surface area contributed by atoms with Crippen LogP contribution in [0.25, 0.3) is 0 Å². The zero-order valence-corrected chi connectivity index (χ0v) is 13.2. The highest BCUT2D eigenvalue weighted by molar-refractivity contribution is 9.11. The molecule has 94 valence electrons. The van der Waals surface area contributed by atoms with Crippen molar-refractivity contribution in [3.63, 3.8) is 0 Å². The molecule has 0 radical (unpaired) electrons. The van der Waals surface area contributed by atoms with E-state index in [2.05, 4.69) is 37.2 Å². The number of hydrogen-bond donors (Lipinski definition) is 2. The first-order valence-corrected chi connectivity index (χ1v) is 6.82. The number of anilines is 1. The average Bonchev–Trinajstić information content (AvgIpc) is 2.21. The number of nitrogens with two attached hydrogens (primary N) is 1. The first kappa shape index (κ1) is 14.7. The molecule has 0 saturated carbocycles. The molecule has 3 nitrogen and oxygen atoms in total. The van der Waals surface area contributed by atoms with Crippen molar-refractivity contribution in [3.8, 4) is 0 Å². The number of halogens is 2. The Kier molecular flexibility index (Phi) is 4.75. The van der Waals surface area contributed by atoms with E-state index < -0.39 is 6.04 Å². The number of para-hydroxylation sites is 1. The molecule has 1 rings (SSSR count). The summed E-state index contributed by atoms with van der Waals surface area (Å²) in [4.78, 5) is 12.0. The molecule has 0 heterocycles. The van der Waals surface area contributed by atoms with E-state index in [4.69, 9.17) is 5.73 Å². The molecule has 1 amide bonds. The fraction of sp³-hybridized carbons (Fsp3) is 0.417. The van der Waals surface area contributed by atoms with Gasteiger partial charge in [-0.15, -0.1) is 0 Å². The molecule has 0 fully saturated rings. The van der Waals surface area contributed by atoms with Crippen LogP contribution in [0.3, 0.4) is 0 Å². The molecular weight excluding hydrogens is 348 g/mol. The van der Waals surface area contributed by atoms with Gasteiger partial charge in [0.1, 0.15) is 0 Å². The summed E-state index contributed by atoms with van der Waals surface area (Å²) in [7, 11) is 0. The van der Waals surface area contributed by atoms with Crippen molar-refractivity contribution in [1.82, 2.24) is 0 Å². The standard InChI is InChI=1S/C12H16Br2N2O/c1-12(2,3)10(15)11(17)16-9-7(13)5-4-6-8(9)14/h4-6,10H,15H2,1-3H3,(H,16,17)/t10-/m1/s1. The predicted octanol–water partition coefficient (Wildman–Crippen LogP) is 3.52. The lowest BCUT2D eigenvalue weighted by Crippen LogP contribution is -2.45. The SMILES string of the molecule is CC(C)(C)[C@H](N)C(=O)Nc1c(Br)cccc1Br. The lowest BCUT2D eigenvalue weighted by molar-refractivity contribution is -0.119. The second kappa shape index (κ2) is 5.50. The Morgan fingerprint density at radius 2 is 1.76 bits per heavy atom. The Bertz CT molecular complexity index is 407. The third-order valence-corrected chi connectivity index (χ3v) is 3.75. The second-order valence-electron chi connectivity index (χ2n) is 4.93. The van der Waals surface area contributed by atoms with Gasteiger partial charge in [0.25, 0.3) is 0 Å². The van der Waals surface area contributed by atoms with Crippen molar-refractivity contribution in [1.29, 1.82) is 0 Å². The van der Waals surface area contributed by atoms with Crippen LogP contribution in [-0.4, -0.2) is 11.9 Å². The number of amides is 1. The zero-order chi connectivity index (χ0) is 13.2. The van der Waals surface area contributed by atoms with Crippen LogP contribution in [-0.2, 0) is 4.79 Å². The van der Waals surface area contributed by atoms with E-state index >= 15 is 0 Å². The maximum atomic E-state index is 12.0. The molecule has 1 aromatic carbocycles. The van der Waals surface area contributed by atoms with Crippen molar-refractivity contribution < 1.29 is 4.79 Å². The summed E-state index contributed by atoms with van der Waals surface area (Å²) in [5.41, 5.74) is 6.34. The van der Waals surface area contributed by atoms with Crippen LogP contribution < -0.4 is 11.1 Å². The van der Waals surface area contributed by atoms with Crippen molar-refractivity contribution in [2.45, 2.75) is 26.8 Å². The molecular formula is C12H16Br2N2O. The van der Waals surface area contributed by atoms with Gasteiger partial charge in [-0.25, -0.2) is 0 Å². The fourth-order valence-corrected chi connectivity index (χ4v) is 2.41. The number of benzene rings is 1. The van der Waals surface area contributed by atoms with Crippen LogP contribution in [0, 0.1) is 5.41 Å². The van der Waals surface area contributed by atoms with Gasteiger partial charge in [0.15, 0.2) is 0 Å². The molecule has 0 spiro atoms. The molecule has 3 N–H and O–H groups in total. The quantitative estimate of drug-likeness (QED) is 0.844. The molecule has 0 unspecified atom stereocenters. The van der Waals surface area contributed by atoms with E-state index in [1.54, 1.807) is 0 Å². The molecule has 1 atom stereocenters.